The molecule has 0 saturated carbocycles. The first kappa shape index (κ1) is 27.6. The van der Waals surface area contributed by atoms with E-state index in [0.717, 1.165) is 32.7 Å². The summed E-state index contributed by atoms with van der Waals surface area (Å²) in [6, 6.07) is 26.3. The quantitative estimate of drug-likeness (QED) is 0.164. The van der Waals surface area contributed by atoms with E-state index in [2.05, 4.69) is 79.7 Å². The minimum atomic E-state index is -0.420. The van der Waals surface area contributed by atoms with Crippen molar-refractivity contribution in [2.24, 2.45) is 0 Å². The largest absolute Gasteiger partial charge is 0.374 e. The molecule has 3 atom stereocenters. The Morgan fingerprint density at radius 2 is 0.900 bits per heavy atom. The first-order valence-corrected chi connectivity index (χ1v) is 14.6. The summed E-state index contributed by atoms with van der Waals surface area (Å²) in [7, 11) is 0. The zero-order valence-corrected chi connectivity index (χ0v) is 23.4. The average molecular weight is 545 g/mol. The number of ether oxygens (including phenoxy) is 6. The van der Waals surface area contributed by atoms with E-state index in [0.29, 0.717) is 39.6 Å². The van der Waals surface area contributed by atoms with Gasteiger partial charge in [0.2, 0.25) is 0 Å². The molecule has 6 heteroatoms. The lowest BCUT2D eigenvalue weighted by Gasteiger charge is -2.40. The van der Waals surface area contributed by atoms with Crippen molar-refractivity contribution < 1.29 is 28.4 Å². The zero-order valence-electron chi connectivity index (χ0n) is 23.4. The van der Waals surface area contributed by atoms with Crippen molar-refractivity contribution in [2.75, 3.05) is 39.6 Å². The van der Waals surface area contributed by atoms with Gasteiger partial charge in [-0.2, -0.15) is 0 Å². The topological polar surface area (TPSA) is 65.3 Å². The van der Waals surface area contributed by atoms with Gasteiger partial charge >= 0.3 is 0 Å². The molecule has 3 aromatic carbocycles. The number of benzene rings is 3. The summed E-state index contributed by atoms with van der Waals surface area (Å²) in [5, 5.41) is 0. The van der Waals surface area contributed by atoms with E-state index < -0.39 is 5.41 Å². The van der Waals surface area contributed by atoms with Crippen LogP contribution in [0.25, 0.3) is 0 Å². The van der Waals surface area contributed by atoms with Crippen LogP contribution in [0.4, 0.5) is 0 Å². The molecule has 0 bridgehead atoms. The minimum Gasteiger partial charge on any atom is -0.374 e. The molecule has 212 valence electrons. The number of hydrogen-bond donors (Lipinski definition) is 0. The summed E-state index contributed by atoms with van der Waals surface area (Å²) >= 11 is 0. The molecule has 0 amide bonds. The Balaban J connectivity index is 1.45. The summed E-state index contributed by atoms with van der Waals surface area (Å²) in [4.78, 5) is 0. The monoisotopic (exact) mass is 544 g/mol. The predicted octanol–water partition coefficient (Wildman–Crippen LogP) is 5.57. The first-order valence-electron chi connectivity index (χ1n) is 14.6. The highest BCUT2D eigenvalue weighted by Gasteiger charge is 2.40. The highest BCUT2D eigenvalue weighted by atomic mass is 16.6. The summed E-state index contributed by atoms with van der Waals surface area (Å²) in [6.45, 7) is 8.12. The van der Waals surface area contributed by atoms with E-state index in [9.17, 15) is 0 Å². The van der Waals surface area contributed by atoms with Crippen LogP contribution in [0.3, 0.4) is 0 Å². The van der Waals surface area contributed by atoms with Gasteiger partial charge in [0.15, 0.2) is 0 Å². The zero-order chi connectivity index (χ0) is 27.2. The van der Waals surface area contributed by atoms with Gasteiger partial charge < -0.3 is 28.4 Å². The smallest absolute Gasteiger partial charge is 0.104 e. The molecule has 0 aliphatic carbocycles. The Labute approximate surface area is 237 Å². The van der Waals surface area contributed by atoms with E-state index in [4.69, 9.17) is 28.4 Å². The number of rotatable bonds is 17. The van der Waals surface area contributed by atoms with Gasteiger partial charge in [-0.3, -0.25) is 0 Å². The normalized spacial score (nSPS) is 22.6. The van der Waals surface area contributed by atoms with E-state index in [1.54, 1.807) is 0 Å². The molecule has 3 unspecified atom stereocenters. The average Bonchev–Trinajstić information content (AvgIpc) is 3.82. The molecule has 0 N–H and O–H groups in total. The number of hydrogen-bond acceptors (Lipinski definition) is 6. The van der Waals surface area contributed by atoms with Crippen LogP contribution in [0.5, 0.6) is 0 Å². The Morgan fingerprint density at radius 3 is 1.20 bits per heavy atom. The van der Waals surface area contributed by atoms with Crippen LogP contribution in [0.15, 0.2) is 72.8 Å². The van der Waals surface area contributed by atoms with Crippen molar-refractivity contribution in [2.45, 2.75) is 63.3 Å². The Morgan fingerprint density at radius 1 is 0.575 bits per heavy atom. The molecule has 6 nitrogen and oxygen atoms in total. The third kappa shape index (κ3) is 6.65. The van der Waals surface area contributed by atoms with Gasteiger partial charge in [0.05, 0.1) is 59.5 Å². The third-order valence-corrected chi connectivity index (χ3v) is 7.95. The van der Waals surface area contributed by atoms with Crippen LogP contribution in [-0.4, -0.2) is 58.0 Å². The van der Waals surface area contributed by atoms with Crippen LogP contribution >= 0.6 is 0 Å². The highest BCUT2D eigenvalue weighted by Crippen LogP contribution is 2.47. The maximum absolute atomic E-state index is 6.18. The minimum absolute atomic E-state index is 0.231. The Bertz CT molecular complexity index is 1100. The van der Waals surface area contributed by atoms with Gasteiger partial charge in [-0.05, 0) is 39.8 Å². The van der Waals surface area contributed by atoms with E-state index in [1.807, 2.05) is 0 Å². The lowest BCUT2D eigenvalue weighted by Crippen LogP contribution is -2.33. The fraction of sp³-hybridized carbons (Fsp3) is 0.471. The molecule has 3 aromatic rings. The van der Waals surface area contributed by atoms with Crippen LogP contribution in [-0.2, 0) is 53.7 Å². The molecule has 0 spiro atoms. The Kier molecular flexibility index (Phi) is 8.92. The lowest BCUT2D eigenvalue weighted by atomic mass is 9.63. The lowest BCUT2D eigenvalue weighted by molar-refractivity contribution is 0.101. The van der Waals surface area contributed by atoms with Crippen LogP contribution in [0, 0.1) is 0 Å². The molecule has 3 aliphatic rings. The van der Waals surface area contributed by atoms with E-state index in [-0.39, 0.29) is 18.3 Å². The molecule has 0 aromatic heterocycles. The van der Waals surface area contributed by atoms with E-state index >= 15 is 0 Å². The predicted molar refractivity (Wildman–Crippen MR) is 152 cm³/mol. The van der Waals surface area contributed by atoms with Crippen LogP contribution < -0.4 is 0 Å². The molecule has 6 rings (SSSR count). The van der Waals surface area contributed by atoms with Crippen molar-refractivity contribution in [3.05, 3.63) is 106 Å². The summed E-state index contributed by atoms with van der Waals surface area (Å²) in [5.74, 6) is 0. The van der Waals surface area contributed by atoms with Crippen molar-refractivity contribution in [1.29, 1.82) is 0 Å². The fourth-order valence-corrected chi connectivity index (χ4v) is 5.80. The molecule has 0 radical (unpaired) electrons. The maximum atomic E-state index is 6.18. The maximum Gasteiger partial charge on any atom is 0.104 e. The first-order chi connectivity index (χ1) is 19.8. The molecular formula is C34H40O6. The molecular weight excluding hydrogens is 504 g/mol. The van der Waals surface area contributed by atoms with Crippen molar-refractivity contribution >= 4 is 0 Å². The second-order valence-electron chi connectivity index (χ2n) is 11.0. The Hall–Kier alpha value is -2.58. The van der Waals surface area contributed by atoms with Gasteiger partial charge in [0.25, 0.3) is 0 Å². The fourth-order valence-electron chi connectivity index (χ4n) is 5.80. The van der Waals surface area contributed by atoms with Crippen LogP contribution in [0.1, 0.15) is 53.1 Å². The molecule has 3 fully saturated rings. The second-order valence-corrected chi connectivity index (χ2v) is 11.0. The van der Waals surface area contributed by atoms with Gasteiger partial charge in [-0.15, -0.1) is 0 Å². The summed E-state index contributed by atoms with van der Waals surface area (Å²) in [5.41, 5.74) is 6.97. The van der Waals surface area contributed by atoms with Gasteiger partial charge in [-0.1, -0.05) is 86.1 Å². The van der Waals surface area contributed by atoms with Gasteiger partial charge in [-0.25, -0.2) is 0 Å². The van der Waals surface area contributed by atoms with Gasteiger partial charge in [0, 0.05) is 5.41 Å². The molecule has 3 aliphatic heterocycles. The SMILES string of the molecule is CCCC(c1ccccc1COCC1CO1)(c1ccccc1COCC1CO1)c1ccccc1COCC1CO1. The van der Waals surface area contributed by atoms with E-state index in [1.165, 1.54) is 33.4 Å². The molecule has 3 saturated heterocycles. The molecule has 3 heterocycles. The standard InChI is InChI=1S/C34H40O6/c1-2-15-34(31-12-6-3-9-25(31)16-35-19-28-22-38-28,32-13-7-4-10-26(32)17-36-20-29-23-39-29)33-14-8-5-11-27(33)18-37-21-30-24-40-30/h3-14,28-30H,2,15-24H2,1H3. The van der Waals surface area contributed by atoms with Crippen molar-refractivity contribution in [1.82, 2.24) is 0 Å². The summed E-state index contributed by atoms with van der Waals surface area (Å²) in [6.07, 6.45) is 2.63. The van der Waals surface area contributed by atoms with Crippen molar-refractivity contribution in [3.8, 4) is 0 Å². The summed E-state index contributed by atoms with van der Waals surface area (Å²) < 4.78 is 34.8. The van der Waals surface area contributed by atoms with Crippen LogP contribution in [0.2, 0.25) is 0 Å². The highest BCUT2D eigenvalue weighted by molar-refractivity contribution is 5.57. The molecule has 40 heavy (non-hydrogen) atoms. The second kappa shape index (κ2) is 12.9. The van der Waals surface area contributed by atoms with Crippen molar-refractivity contribution in [3.63, 3.8) is 0 Å². The number of epoxide rings is 3. The van der Waals surface area contributed by atoms with Gasteiger partial charge in [0.1, 0.15) is 18.3 Å². The third-order valence-electron chi connectivity index (χ3n) is 7.95.